The van der Waals surface area contributed by atoms with Gasteiger partial charge in [-0.05, 0) is 19.3 Å². The molecule has 2 aliphatic heterocycles. The summed E-state index contributed by atoms with van der Waals surface area (Å²) in [6, 6.07) is -0.376. The van der Waals surface area contributed by atoms with Crippen molar-refractivity contribution in [1.82, 2.24) is 9.80 Å². The van der Waals surface area contributed by atoms with E-state index in [2.05, 4.69) is 0 Å². The molecule has 0 aromatic carbocycles. The molecule has 2 aliphatic rings. The average Bonchev–Trinajstić information content (AvgIpc) is 2.29. The standard InChI is InChI=1S/C10H17N3O2/c11-8-6-13(10(8)15)7-9(14)12-4-2-1-3-5-12/h8H,1-7,11H2. The lowest BCUT2D eigenvalue weighted by molar-refractivity contribution is -0.149. The molecule has 2 heterocycles. The summed E-state index contributed by atoms with van der Waals surface area (Å²) >= 11 is 0. The summed E-state index contributed by atoms with van der Waals surface area (Å²) < 4.78 is 0. The van der Waals surface area contributed by atoms with Crippen molar-refractivity contribution in [3.05, 3.63) is 0 Å². The van der Waals surface area contributed by atoms with E-state index >= 15 is 0 Å². The number of likely N-dealkylation sites (tertiary alicyclic amines) is 2. The quantitative estimate of drug-likeness (QED) is 0.606. The first kappa shape index (κ1) is 10.4. The highest BCUT2D eigenvalue weighted by Gasteiger charge is 2.35. The lowest BCUT2D eigenvalue weighted by Gasteiger charge is -2.37. The van der Waals surface area contributed by atoms with E-state index in [4.69, 9.17) is 5.73 Å². The molecule has 2 saturated heterocycles. The van der Waals surface area contributed by atoms with Gasteiger partial charge in [0.15, 0.2) is 0 Å². The Morgan fingerprint density at radius 2 is 2.00 bits per heavy atom. The molecule has 0 spiro atoms. The van der Waals surface area contributed by atoms with E-state index in [9.17, 15) is 9.59 Å². The van der Waals surface area contributed by atoms with E-state index < -0.39 is 0 Å². The molecule has 2 N–H and O–H groups in total. The van der Waals surface area contributed by atoms with Crippen LogP contribution < -0.4 is 5.73 Å². The van der Waals surface area contributed by atoms with Crippen LogP contribution in [-0.4, -0.2) is 53.8 Å². The minimum Gasteiger partial charge on any atom is -0.341 e. The highest BCUT2D eigenvalue weighted by Crippen LogP contribution is 2.12. The van der Waals surface area contributed by atoms with Gasteiger partial charge >= 0.3 is 0 Å². The summed E-state index contributed by atoms with van der Waals surface area (Å²) in [5.74, 6) is -0.0321. The number of nitrogens with zero attached hydrogens (tertiary/aromatic N) is 2. The van der Waals surface area contributed by atoms with Gasteiger partial charge in [-0.15, -0.1) is 0 Å². The predicted octanol–water partition coefficient (Wildman–Crippen LogP) is -0.832. The molecule has 5 heteroatoms. The van der Waals surface area contributed by atoms with Gasteiger partial charge in [0, 0.05) is 19.6 Å². The fourth-order valence-electron chi connectivity index (χ4n) is 2.08. The van der Waals surface area contributed by atoms with E-state index in [1.54, 1.807) is 0 Å². The van der Waals surface area contributed by atoms with Crippen LogP contribution in [0.3, 0.4) is 0 Å². The third-order valence-corrected chi connectivity index (χ3v) is 3.08. The van der Waals surface area contributed by atoms with E-state index in [0.29, 0.717) is 6.54 Å². The number of carbonyl (C=O) groups is 2. The molecule has 0 bridgehead atoms. The first-order chi connectivity index (χ1) is 7.18. The van der Waals surface area contributed by atoms with Crippen molar-refractivity contribution >= 4 is 11.8 Å². The van der Waals surface area contributed by atoms with E-state index in [-0.39, 0.29) is 24.4 Å². The summed E-state index contributed by atoms with van der Waals surface area (Å²) in [6.07, 6.45) is 3.37. The summed E-state index contributed by atoms with van der Waals surface area (Å²) in [7, 11) is 0. The van der Waals surface area contributed by atoms with Crippen LogP contribution in [0.5, 0.6) is 0 Å². The Bertz CT molecular complexity index is 274. The van der Waals surface area contributed by atoms with Crippen molar-refractivity contribution in [2.45, 2.75) is 25.3 Å². The van der Waals surface area contributed by atoms with Crippen molar-refractivity contribution < 1.29 is 9.59 Å². The number of amides is 2. The zero-order valence-electron chi connectivity index (χ0n) is 8.82. The first-order valence-electron chi connectivity index (χ1n) is 5.50. The van der Waals surface area contributed by atoms with Gasteiger partial charge in [-0.25, -0.2) is 0 Å². The molecular weight excluding hydrogens is 194 g/mol. The molecule has 5 nitrogen and oxygen atoms in total. The summed E-state index contributed by atoms with van der Waals surface area (Å²) in [5, 5.41) is 0. The number of nitrogens with two attached hydrogens (primary N) is 1. The van der Waals surface area contributed by atoms with Crippen LogP contribution in [0.15, 0.2) is 0 Å². The molecule has 0 radical (unpaired) electrons. The number of piperidine rings is 1. The van der Waals surface area contributed by atoms with Crippen molar-refractivity contribution in [3.63, 3.8) is 0 Å². The molecule has 84 valence electrons. The Morgan fingerprint density at radius 1 is 1.33 bits per heavy atom. The molecule has 1 atom stereocenters. The lowest BCUT2D eigenvalue weighted by Crippen LogP contribution is -2.63. The van der Waals surface area contributed by atoms with E-state index in [1.165, 1.54) is 11.3 Å². The van der Waals surface area contributed by atoms with Crippen LogP contribution in [0, 0.1) is 0 Å². The fourth-order valence-corrected chi connectivity index (χ4v) is 2.08. The number of rotatable bonds is 2. The molecule has 15 heavy (non-hydrogen) atoms. The summed E-state index contributed by atoms with van der Waals surface area (Å²) in [5.41, 5.74) is 5.45. The lowest BCUT2D eigenvalue weighted by atomic mass is 10.1. The van der Waals surface area contributed by atoms with Crippen LogP contribution >= 0.6 is 0 Å². The summed E-state index contributed by atoms with van der Waals surface area (Å²) in [4.78, 5) is 26.3. The predicted molar refractivity (Wildman–Crippen MR) is 55.0 cm³/mol. The Kier molecular flexibility index (Phi) is 2.90. The minimum absolute atomic E-state index is 0.0648. The van der Waals surface area contributed by atoms with Crippen molar-refractivity contribution in [2.75, 3.05) is 26.2 Å². The average molecular weight is 211 g/mol. The second-order valence-corrected chi connectivity index (χ2v) is 4.27. The molecule has 0 aromatic rings. The molecule has 2 rings (SSSR count). The highest BCUT2D eigenvalue weighted by atomic mass is 16.2. The molecule has 1 unspecified atom stereocenters. The Hall–Kier alpha value is -1.10. The van der Waals surface area contributed by atoms with Crippen LogP contribution in [0.2, 0.25) is 0 Å². The van der Waals surface area contributed by atoms with Gasteiger partial charge in [-0.1, -0.05) is 0 Å². The van der Waals surface area contributed by atoms with Crippen molar-refractivity contribution in [3.8, 4) is 0 Å². The number of β-lactam (4-membered cyclic amide) rings is 1. The zero-order chi connectivity index (χ0) is 10.8. The van der Waals surface area contributed by atoms with Gasteiger partial charge in [0.2, 0.25) is 11.8 Å². The van der Waals surface area contributed by atoms with Crippen LogP contribution in [0.4, 0.5) is 0 Å². The minimum atomic E-state index is -0.376. The summed E-state index contributed by atoms with van der Waals surface area (Å²) in [6.45, 7) is 2.42. The van der Waals surface area contributed by atoms with Gasteiger partial charge in [0.1, 0.15) is 6.04 Å². The maximum Gasteiger partial charge on any atom is 0.242 e. The van der Waals surface area contributed by atoms with Gasteiger partial charge in [-0.2, -0.15) is 0 Å². The Labute approximate surface area is 89.2 Å². The Morgan fingerprint density at radius 3 is 2.53 bits per heavy atom. The van der Waals surface area contributed by atoms with E-state index in [1.807, 2.05) is 4.90 Å². The molecular formula is C10H17N3O2. The monoisotopic (exact) mass is 211 g/mol. The molecule has 0 aromatic heterocycles. The third kappa shape index (κ3) is 2.12. The second kappa shape index (κ2) is 4.18. The number of carbonyl (C=O) groups excluding carboxylic acids is 2. The Balaban J connectivity index is 1.79. The molecule has 2 fully saturated rings. The van der Waals surface area contributed by atoms with Gasteiger partial charge in [-0.3, -0.25) is 9.59 Å². The van der Waals surface area contributed by atoms with Crippen LogP contribution in [0.1, 0.15) is 19.3 Å². The second-order valence-electron chi connectivity index (χ2n) is 4.27. The van der Waals surface area contributed by atoms with Gasteiger partial charge < -0.3 is 15.5 Å². The molecule has 2 amide bonds. The smallest absolute Gasteiger partial charge is 0.242 e. The first-order valence-corrected chi connectivity index (χ1v) is 5.50. The van der Waals surface area contributed by atoms with Gasteiger partial charge in [0.25, 0.3) is 0 Å². The molecule has 0 saturated carbocycles. The van der Waals surface area contributed by atoms with Crippen molar-refractivity contribution in [1.29, 1.82) is 0 Å². The topological polar surface area (TPSA) is 66.6 Å². The SMILES string of the molecule is NC1CN(CC(=O)N2CCCCC2)C1=O. The highest BCUT2D eigenvalue weighted by molar-refractivity contribution is 5.91. The maximum atomic E-state index is 11.7. The van der Waals surface area contributed by atoms with E-state index in [0.717, 1.165) is 25.9 Å². The van der Waals surface area contributed by atoms with Crippen LogP contribution in [0.25, 0.3) is 0 Å². The fraction of sp³-hybridized carbons (Fsp3) is 0.800. The largest absolute Gasteiger partial charge is 0.341 e. The van der Waals surface area contributed by atoms with Crippen LogP contribution in [-0.2, 0) is 9.59 Å². The molecule has 0 aliphatic carbocycles. The third-order valence-electron chi connectivity index (χ3n) is 3.08. The van der Waals surface area contributed by atoms with Gasteiger partial charge in [0.05, 0.1) is 6.54 Å². The number of hydrogen-bond donors (Lipinski definition) is 1. The number of hydrogen-bond acceptors (Lipinski definition) is 3. The normalized spacial score (nSPS) is 26.5. The zero-order valence-corrected chi connectivity index (χ0v) is 8.82. The van der Waals surface area contributed by atoms with Crippen molar-refractivity contribution in [2.24, 2.45) is 5.73 Å². The maximum absolute atomic E-state index is 11.7.